The number of nitrogens with one attached hydrogen (secondary N) is 3. The lowest BCUT2D eigenvalue weighted by atomic mass is 10.1. The number of hydrogen-bond acceptors (Lipinski definition) is 6. The maximum Gasteiger partial charge on any atom is 0.264 e. The molecule has 12 heteroatoms. The zero-order valence-corrected chi connectivity index (χ0v) is 20.6. The molecule has 0 saturated heterocycles. The number of rotatable bonds is 11. The first-order chi connectivity index (χ1) is 17.7. The molecule has 0 aliphatic heterocycles. The number of nitrogens with zero attached hydrogens (tertiary/aromatic N) is 1. The molecule has 0 aliphatic rings. The van der Waals surface area contributed by atoms with E-state index in [1.165, 1.54) is 18.2 Å². The fraction of sp³-hybridized carbons (Fsp3) is 0.240. The lowest BCUT2D eigenvalue weighted by Crippen LogP contribution is -2.26. The second kappa shape index (κ2) is 11.2. The molecule has 1 heterocycles. The second-order valence-electron chi connectivity index (χ2n) is 8.21. The first-order valence-corrected chi connectivity index (χ1v) is 12.9. The van der Waals surface area contributed by atoms with Crippen molar-refractivity contribution in [1.82, 2.24) is 15.5 Å². The largest absolute Gasteiger partial charge is 0.492 e. The molecule has 0 saturated carbocycles. The number of ether oxygens (including phenoxy) is 1. The second-order valence-corrected chi connectivity index (χ2v) is 9.86. The molecule has 0 radical (unpaired) electrons. The third-order valence-electron chi connectivity index (χ3n) is 5.66. The van der Waals surface area contributed by atoms with Crippen LogP contribution in [0, 0.1) is 17.5 Å². The predicted molar refractivity (Wildman–Crippen MR) is 132 cm³/mol. The number of halogens is 3. The van der Waals surface area contributed by atoms with Gasteiger partial charge in [-0.15, -0.1) is 0 Å². The van der Waals surface area contributed by atoms with Crippen LogP contribution in [-0.4, -0.2) is 43.4 Å². The quantitative estimate of drug-likeness (QED) is 0.171. The first-order valence-electron chi connectivity index (χ1n) is 11.4. The number of H-pyrrole nitrogens is 1. The van der Waals surface area contributed by atoms with Crippen molar-refractivity contribution in [2.24, 2.45) is 0 Å². The standard InChI is InChI=1S/C25H25F3N4O4S/c1-2-20-18-7-6-17(13-21(18)31-30-20)36-11-10-29-14-22(33)15-4-3-5-16(12-15)32-37(34,35)23-9-8-19(26)24(27)25(23)28/h3-9,12-13,22,29,32-33H,2,10-11,14H2,1H3,(H,30,31). The number of aromatic amines is 1. The minimum Gasteiger partial charge on any atom is -0.492 e. The monoisotopic (exact) mass is 534 g/mol. The molecule has 0 spiro atoms. The highest BCUT2D eigenvalue weighted by Gasteiger charge is 2.24. The summed E-state index contributed by atoms with van der Waals surface area (Å²) < 4.78 is 73.4. The Morgan fingerprint density at radius 1 is 1.08 bits per heavy atom. The van der Waals surface area contributed by atoms with E-state index in [-0.39, 0.29) is 12.2 Å². The van der Waals surface area contributed by atoms with Crippen molar-refractivity contribution in [3.05, 3.63) is 83.3 Å². The van der Waals surface area contributed by atoms with Crippen molar-refractivity contribution < 1.29 is 31.4 Å². The van der Waals surface area contributed by atoms with Gasteiger partial charge in [0.15, 0.2) is 17.5 Å². The molecule has 0 bridgehead atoms. The Hall–Kier alpha value is -3.61. The number of fused-ring (bicyclic) bond motifs is 1. The van der Waals surface area contributed by atoms with Gasteiger partial charge in [0, 0.05) is 35.9 Å². The Morgan fingerprint density at radius 3 is 2.68 bits per heavy atom. The smallest absolute Gasteiger partial charge is 0.264 e. The van der Waals surface area contributed by atoms with Gasteiger partial charge >= 0.3 is 0 Å². The van der Waals surface area contributed by atoms with E-state index >= 15 is 0 Å². The van der Waals surface area contributed by atoms with E-state index < -0.39 is 38.5 Å². The van der Waals surface area contributed by atoms with Crippen molar-refractivity contribution in [3.63, 3.8) is 0 Å². The van der Waals surface area contributed by atoms with E-state index in [4.69, 9.17) is 4.74 Å². The molecule has 0 amide bonds. The molecule has 196 valence electrons. The normalized spacial score (nSPS) is 12.6. The number of aliphatic hydroxyl groups excluding tert-OH is 1. The van der Waals surface area contributed by atoms with Crippen LogP contribution in [0.15, 0.2) is 59.5 Å². The highest BCUT2D eigenvalue weighted by Crippen LogP contribution is 2.25. The number of hydrogen-bond donors (Lipinski definition) is 4. The van der Waals surface area contributed by atoms with Crippen LogP contribution in [0.25, 0.3) is 10.9 Å². The molecular formula is C25H25F3N4O4S. The first kappa shape index (κ1) is 26.5. The SMILES string of the molecule is CCc1[nH]nc2cc(OCCNCC(O)c3cccc(NS(=O)(=O)c4ccc(F)c(F)c4F)c3)ccc12. The van der Waals surface area contributed by atoms with Crippen LogP contribution in [0.5, 0.6) is 5.75 Å². The Morgan fingerprint density at radius 2 is 1.89 bits per heavy atom. The van der Waals surface area contributed by atoms with Crippen LogP contribution < -0.4 is 14.8 Å². The number of aryl methyl sites for hydroxylation is 1. The third-order valence-corrected chi connectivity index (χ3v) is 7.06. The molecule has 4 aromatic rings. The van der Waals surface area contributed by atoms with Crippen LogP contribution in [-0.2, 0) is 16.4 Å². The summed E-state index contributed by atoms with van der Waals surface area (Å²) >= 11 is 0. The Kier molecular flexibility index (Phi) is 8.00. The van der Waals surface area contributed by atoms with Gasteiger partial charge in [0.25, 0.3) is 10.0 Å². The van der Waals surface area contributed by atoms with Crippen LogP contribution >= 0.6 is 0 Å². The van der Waals surface area contributed by atoms with E-state index in [9.17, 15) is 26.7 Å². The van der Waals surface area contributed by atoms with Crippen molar-refractivity contribution in [2.45, 2.75) is 24.3 Å². The van der Waals surface area contributed by atoms with Crippen LogP contribution in [0.1, 0.15) is 24.3 Å². The molecule has 3 aromatic carbocycles. The van der Waals surface area contributed by atoms with Gasteiger partial charge in [-0.05, 0) is 48.4 Å². The molecule has 8 nitrogen and oxygen atoms in total. The lowest BCUT2D eigenvalue weighted by Gasteiger charge is -2.15. The summed E-state index contributed by atoms with van der Waals surface area (Å²) in [6.07, 6.45) is -0.137. The zero-order valence-electron chi connectivity index (χ0n) is 19.8. The van der Waals surface area contributed by atoms with Gasteiger partial charge in [-0.25, -0.2) is 21.6 Å². The molecule has 1 aromatic heterocycles. The van der Waals surface area contributed by atoms with E-state index in [1.807, 2.05) is 25.1 Å². The summed E-state index contributed by atoms with van der Waals surface area (Å²) in [5.41, 5.74) is 2.28. The maximum absolute atomic E-state index is 14.0. The molecule has 1 unspecified atom stereocenters. The van der Waals surface area contributed by atoms with E-state index in [0.29, 0.717) is 36.6 Å². The Balaban J connectivity index is 1.30. The average Bonchev–Trinajstić information content (AvgIpc) is 3.29. The summed E-state index contributed by atoms with van der Waals surface area (Å²) in [4.78, 5) is -1.03. The van der Waals surface area contributed by atoms with E-state index in [0.717, 1.165) is 23.0 Å². The molecule has 4 N–H and O–H groups in total. The highest BCUT2D eigenvalue weighted by molar-refractivity contribution is 7.92. The van der Waals surface area contributed by atoms with Crippen molar-refractivity contribution in [3.8, 4) is 5.75 Å². The Labute approximate surface area is 211 Å². The molecule has 0 aliphatic carbocycles. The van der Waals surface area contributed by atoms with Gasteiger partial charge in [-0.2, -0.15) is 5.10 Å². The average molecular weight is 535 g/mol. The fourth-order valence-electron chi connectivity index (χ4n) is 3.74. The van der Waals surface area contributed by atoms with Crippen LogP contribution in [0.3, 0.4) is 0 Å². The van der Waals surface area contributed by atoms with Crippen LogP contribution in [0.4, 0.5) is 18.9 Å². The fourth-order valence-corrected chi connectivity index (χ4v) is 4.86. The molecule has 37 heavy (non-hydrogen) atoms. The summed E-state index contributed by atoms with van der Waals surface area (Å²) in [5, 5.41) is 21.9. The molecule has 4 rings (SSSR count). The Bertz CT molecular complexity index is 1510. The summed E-state index contributed by atoms with van der Waals surface area (Å²) in [5.74, 6) is -4.52. The van der Waals surface area contributed by atoms with E-state index in [2.05, 4.69) is 20.2 Å². The predicted octanol–water partition coefficient (Wildman–Crippen LogP) is 4.05. The number of aliphatic hydroxyl groups is 1. The minimum atomic E-state index is -4.54. The van der Waals surface area contributed by atoms with Crippen molar-refractivity contribution in [1.29, 1.82) is 0 Å². The summed E-state index contributed by atoms with van der Waals surface area (Å²) in [6.45, 7) is 2.96. The number of anilines is 1. The van der Waals surface area contributed by atoms with E-state index in [1.54, 1.807) is 6.07 Å². The third kappa shape index (κ3) is 6.04. The molecule has 1 atom stereocenters. The zero-order chi connectivity index (χ0) is 26.6. The van der Waals surface area contributed by atoms with Gasteiger partial charge in [0.05, 0.1) is 11.6 Å². The maximum atomic E-state index is 14.0. The minimum absolute atomic E-state index is 0.0176. The van der Waals surface area contributed by atoms with Crippen molar-refractivity contribution >= 4 is 26.6 Å². The van der Waals surface area contributed by atoms with Crippen LogP contribution in [0.2, 0.25) is 0 Å². The molecular weight excluding hydrogens is 509 g/mol. The molecule has 0 fully saturated rings. The highest BCUT2D eigenvalue weighted by atomic mass is 32.2. The van der Waals surface area contributed by atoms with Gasteiger partial charge in [-0.3, -0.25) is 9.82 Å². The number of sulfonamides is 1. The summed E-state index contributed by atoms with van der Waals surface area (Å²) in [7, 11) is -4.54. The van der Waals surface area contributed by atoms with Gasteiger partial charge in [-0.1, -0.05) is 19.1 Å². The van der Waals surface area contributed by atoms with Crippen molar-refractivity contribution in [2.75, 3.05) is 24.4 Å². The number of aromatic nitrogens is 2. The van der Waals surface area contributed by atoms with Gasteiger partial charge in [0.2, 0.25) is 0 Å². The van der Waals surface area contributed by atoms with Gasteiger partial charge in [0.1, 0.15) is 17.3 Å². The topological polar surface area (TPSA) is 116 Å². The number of benzene rings is 3. The van der Waals surface area contributed by atoms with Gasteiger partial charge < -0.3 is 15.2 Å². The lowest BCUT2D eigenvalue weighted by molar-refractivity contribution is 0.172. The summed E-state index contributed by atoms with van der Waals surface area (Å²) in [6, 6.07) is 12.7.